The summed E-state index contributed by atoms with van der Waals surface area (Å²) < 4.78 is 0. The molecule has 1 N–H and O–H groups in total. The first-order valence-electron chi connectivity index (χ1n) is 9.57. The monoisotopic (exact) mass is 413 g/mol. The second-order valence-corrected chi connectivity index (χ2v) is 8.25. The number of carbonyl (C=O) groups excluding carboxylic acids is 3. The molecule has 0 bridgehead atoms. The van der Waals surface area contributed by atoms with Gasteiger partial charge in [0.1, 0.15) is 11.7 Å². The molecule has 9 heteroatoms. The number of benzene rings is 1. The number of aromatic nitrogens is 1. The van der Waals surface area contributed by atoms with Crippen molar-refractivity contribution in [3.63, 3.8) is 0 Å². The molecule has 3 amide bonds. The van der Waals surface area contributed by atoms with E-state index in [1.807, 2.05) is 25.2 Å². The van der Waals surface area contributed by atoms with E-state index in [-0.39, 0.29) is 17.7 Å². The van der Waals surface area contributed by atoms with Crippen LogP contribution in [0.25, 0.3) is 0 Å². The van der Waals surface area contributed by atoms with E-state index in [9.17, 15) is 14.4 Å². The van der Waals surface area contributed by atoms with Crippen molar-refractivity contribution >= 4 is 34.2 Å². The summed E-state index contributed by atoms with van der Waals surface area (Å²) in [5.74, 6) is -0.583. The lowest BCUT2D eigenvalue weighted by atomic mass is 10.1. The number of amides is 3. The van der Waals surface area contributed by atoms with Gasteiger partial charge in [0, 0.05) is 43.7 Å². The van der Waals surface area contributed by atoms with Crippen LogP contribution in [-0.4, -0.2) is 76.7 Å². The second kappa shape index (κ2) is 7.92. The fourth-order valence-corrected chi connectivity index (χ4v) is 4.23. The van der Waals surface area contributed by atoms with Crippen molar-refractivity contribution in [1.29, 1.82) is 0 Å². The smallest absolute Gasteiger partial charge is 0.273 e. The van der Waals surface area contributed by atoms with Gasteiger partial charge < -0.3 is 20.0 Å². The highest BCUT2D eigenvalue weighted by Crippen LogP contribution is 2.25. The van der Waals surface area contributed by atoms with Crippen LogP contribution in [0.15, 0.2) is 29.6 Å². The zero-order valence-electron chi connectivity index (χ0n) is 16.4. The predicted molar refractivity (Wildman–Crippen MR) is 110 cm³/mol. The van der Waals surface area contributed by atoms with Crippen LogP contribution in [0.1, 0.15) is 33.3 Å². The molecular formula is C20H23N5O3S. The molecule has 1 aromatic carbocycles. The Labute approximate surface area is 173 Å². The van der Waals surface area contributed by atoms with Crippen molar-refractivity contribution < 1.29 is 14.4 Å². The Morgan fingerprint density at radius 3 is 2.62 bits per heavy atom. The van der Waals surface area contributed by atoms with E-state index in [2.05, 4.69) is 15.2 Å². The maximum Gasteiger partial charge on any atom is 0.273 e. The number of piperazine rings is 1. The summed E-state index contributed by atoms with van der Waals surface area (Å²) in [6.45, 7) is 5.12. The number of thiazole rings is 1. The van der Waals surface area contributed by atoms with Gasteiger partial charge in [-0.1, -0.05) is 18.2 Å². The Kier molecular flexibility index (Phi) is 5.33. The van der Waals surface area contributed by atoms with Crippen LogP contribution in [0.3, 0.4) is 0 Å². The zero-order chi connectivity index (χ0) is 20.5. The van der Waals surface area contributed by atoms with E-state index in [0.29, 0.717) is 36.0 Å². The second-order valence-electron chi connectivity index (χ2n) is 7.39. The Hall–Kier alpha value is -2.78. The molecule has 2 aliphatic heterocycles. The highest BCUT2D eigenvalue weighted by atomic mass is 32.1. The van der Waals surface area contributed by atoms with Gasteiger partial charge in [0.25, 0.3) is 11.8 Å². The van der Waals surface area contributed by atoms with Gasteiger partial charge in [-0.15, -0.1) is 11.3 Å². The van der Waals surface area contributed by atoms with Gasteiger partial charge in [-0.2, -0.15) is 0 Å². The first-order valence-corrected chi connectivity index (χ1v) is 10.4. The fourth-order valence-electron chi connectivity index (χ4n) is 3.54. The van der Waals surface area contributed by atoms with Gasteiger partial charge in [0.05, 0.1) is 0 Å². The number of anilines is 1. The molecule has 1 fully saturated rings. The van der Waals surface area contributed by atoms with Crippen LogP contribution < -0.4 is 5.32 Å². The van der Waals surface area contributed by atoms with E-state index in [0.717, 1.165) is 18.7 Å². The lowest BCUT2D eigenvalue weighted by molar-refractivity contribution is -0.120. The van der Waals surface area contributed by atoms with E-state index in [1.165, 1.54) is 11.3 Å². The van der Waals surface area contributed by atoms with Gasteiger partial charge in [-0.3, -0.25) is 14.4 Å². The van der Waals surface area contributed by atoms with Crippen LogP contribution in [0.2, 0.25) is 0 Å². The van der Waals surface area contributed by atoms with E-state index >= 15 is 0 Å². The fraction of sp³-hybridized carbons (Fsp3) is 0.400. The molecule has 0 aliphatic carbocycles. The summed E-state index contributed by atoms with van der Waals surface area (Å²) in [7, 11) is 2.03. The molecule has 4 rings (SSSR count). The largest absolute Gasteiger partial charge is 0.335 e. The molecule has 2 aliphatic rings. The molecule has 1 aromatic heterocycles. The summed E-state index contributed by atoms with van der Waals surface area (Å²) in [4.78, 5) is 47.6. The van der Waals surface area contributed by atoms with Crippen LogP contribution in [-0.2, 0) is 11.3 Å². The summed E-state index contributed by atoms with van der Waals surface area (Å²) >= 11 is 1.21. The molecule has 3 heterocycles. The molecule has 0 unspecified atom stereocenters. The Bertz CT molecular complexity index is 951. The number of nitrogens with zero attached hydrogens (tertiary/aromatic N) is 4. The van der Waals surface area contributed by atoms with Crippen LogP contribution in [0, 0.1) is 0 Å². The quantitative estimate of drug-likeness (QED) is 0.821. The normalized spacial score (nSPS) is 17.9. The van der Waals surface area contributed by atoms with Crippen LogP contribution in [0.4, 0.5) is 5.13 Å². The van der Waals surface area contributed by atoms with Gasteiger partial charge in [-0.25, -0.2) is 4.98 Å². The summed E-state index contributed by atoms with van der Waals surface area (Å²) in [5, 5.41) is 4.78. The van der Waals surface area contributed by atoms with E-state index in [4.69, 9.17) is 0 Å². The number of likely N-dealkylation sites (N-methyl/N-ethyl adjacent to an activating group) is 1. The minimum absolute atomic E-state index is 0.118. The average molecular weight is 414 g/mol. The third kappa shape index (κ3) is 3.88. The van der Waals surface area contributed by atoms with Gasteiger partial charge >= 0.3 is 0 Å². The van der Waals surface area contributed by atoms with Crippen molar-refractivity contribution in [2.45, 2.75) is 19.5 Å². The molecule has 0 spiro atoms. The topological polar surface area (TPSA) is 85.8 Å². The van der Waals surface area contributed by atoms with Crippen molar-refractivity contribution in [1.82, 2.24) is 19.7 Å². The molecule has 1 atom stereocenters. The van der Waals surface area contributed by atoms with Gasteiger partial charge in [-0.05, 0) is 25.6 Å². The number of nitrogens with one attached hydrogen (secondary N) is 1. The number of carbonyl (C=O) groups is 3. The first kappa shape index (κ1) is 19.5. The molecule has 8 nitrogen and oxygen atoms in total. The number of hydrogen-bond donors (Lipinski definition) is 1. The predicted octanol–water partition coefficient (Wildman–Crippen LogP) is 1.51. The standard InChI is InChI=1S/C20H23N5O3S/c1-13(25-11-14-5-3-4-6-15(14)18(25)27)17(26)22-20-21-16(12-29-20)19(28)24-9-7-23(2)8-10-24/h3-6,12-13H,7-11H2,1-2H3,(H,21,22,26)/t13-/m1/s1. The maximum absolute atomic E-state index is 12.7. The minimum Gasteiger partial charge on any atom is -0.335 e. The van der Waals surface area contributed by atoms with Crippen LogP contribution in [0.5, 0.6) is 0 Å². The maximum atomic E-state index is 12.7. The number of hydrogen-bond acceptors (Lipinski definition) is 6. The highest BCUT2D eigenvalue weighted by molar-refractivity contribution is 7.14. The van der Waals surface area contributed by atoms with Crippen molar-refractivity contribution in [3.8, 4) is 0 Å². The molecule has 0 radical (unpaired) electrons. The Morgan fingerprint density at radius 1 is 1.17 bits per heavy atom. The molecule has 2 aromatic rings. The third-order valence-corrected chi connectivity index (χ3v) is 6.20. The zero-order valence-corrected chi connectivity index (χ0v) is 17.2. The number of rotatable bonds is 4. The SMILES string of the molecule is C[C@H](C(=O)Nc1nc(C(=O)N2CCN(C)CC2)cs1)N1Cc2ccccc2C1=O. The Balaban J connectivity index is 1.38. The molecule has 1 saturated heterocycles. The summed E-state index contributed by atoms with van der Waals surface area (Å²) in [5.41, 5.74) is 1.90. The van der Waals surface area contributed by atoms with E-state index in [1.54, 1.807) is 28.2 Å². The van der Waals surface area contributed by atoms with Gasteiger partial charge in [0.2, 0.25) is 5.91 Å². The van der Waals surface area contributed by atoms with E-state index < -0.39 is 6.04 Å². The molecule has 152 valence electrons. The van der Waals surface area contributed by atoms with Crippen molar-refractivity contribution in [2.75, 3.05) is 38.5 Å². The summed E-state index contributed by atoms with van der Waals surface area (Å²) in [6, 6.07) is 6.73. The highest BCUT2D eigenvalue weighted by Gasteiger charge is 2.34. The van der Waals surface area contributed by atoms with Crippen molar-refractivity contribution in [2.24, 2.45) is 0 Å². The number of fused-ring (bicyclic) bond motifs is 1. The summed E-state index contributed by atoms with van der Waals surface area (Å²) in [6.07, 6.45) is 0. The molecular weight excluding hydrogens is 390 g/mol. The average Bonchev–Trinajstić information content (AvgIpc) is 3.32. The lowest BCUT2D eigenvalue weighted by Gasteiger charge is -2.31. The minimum atomic E-state index is -0.643. The first-order chi connectivity index (χ1) is 13.9. The third-order valence-electron chi connectivity index (χ3n) is 5.44. The lowest BCUT2D eigenvalue weighted by Crippen LogP contribution is -2.47. The Morgan fingerprint density at radius 2 is 1.90 bits per heavy atom. The molecule has 0 saturated carbocycles. The van der Waals surface area contributed by atoms with Gasteiger partial charge in [0.15, 0.2) is 5.13 Å². The van der Waals surface area contributed by atoms with Crippen LogP contribution >= 0.6 is 11.3 Å². The molecule has 29 heavy (non-hydrogen) atoms. The van der Waals surface area contributed by atoms with Crippen molar-refractivity contribution in [3.05, 3.63) is 46.5 Å².